The topological polar surface area (TPSA) is 125 Å². The second-order valence-corrected chi connectivity index (χ2v) is 10.2. The Morgan fingerprint density at radius 1 is 0.950 bits per heavy atom. The van der Waals surface area contributed by atoms with Gasteiger partial charge in [-0.05, 0) is 40.1 Å². The summed E-state index contributed by atoms with van der Waals surface area (Å²) in [7, 11) is 0. The number of unbranched alkanes of at least 4 members (excludes halogenated alkanes) is 3. The van der Waals surface area contributed by atoms with E-state index in [4.69, 9.17) is 9.84 Å². The summed E-state index contributed by atoms with van der Waals surface area (Å²) in [5.41, 5.74) is 0.202. The van der Waals surface area contributed by atoms with E-state index < -0.39 is 29.7 Å². The number of aromatic nitrogens is 2. The molecular weight excluding hydrogens is 508 g/mol. The number of aliphatic hydroxyl groups is 2. The Hall–Kier alpha value is -3.72. The van der Waals surface area contributed by atoms with E-state index in [-0.39, 0.29) is 13.0 Å². The quantitative estimate of drug-likeness (QED) is 0.174. The molecular formula is C32H38N2O6. The molecule has 0 aliphatic carbocycles. The Balaban J connectivity index is 0.000000156. The van der Waals surface area contributed by atoms with Crippen molar-refractivity contribution in [2.24, 2.45) is 0 Å². The van der Waals surface area contributed by atoms with Crippen LogP contribution in [0, 0.1) is 6.92 Å². The van der Waals surface area contributed by atoms with Gasteiger partial charge in [0.05, 0.1) is 12.7 Å². The zero-order valence-electron chi connectivity index (χ0n) is 23.3. The molecule has 1 aliphatic heterocycles. The molecule has 40 heavy (non-hydrogen) atoms. The van der Waals surface area contributed by atoms with Gasteiger partial charge in [-0.15, -0.1) is 0 Å². The highest BCUT2D eigenvalue weighted by atomic mass is 16.5. The standard InChI is InChI=1S/C17H12O.C9H12N2O5.C6H14/c1-10-9-12-6-8-15(18)14-7-5-11-3-2-4-13(10)16(11)17(12)14;12-4-6-5(13)3-8(16-6)11-2-1-7(14)10-9(11)15;1-3-5-6-4-2/h2-9,18H,1H3;1-2,5-6,8,12-13H,3-4H2,(H,10,14,15);3-6H2,1-2H3/t;5-,6+,8+;/m.0./s1. The summed E-state index contributed by atoms with van der Waals surface area (Å²) in [6.07, 6.45) is 4.89. The number of aromatic amines is 1. The lowest BCUT2D eigenvalue weighted by atomic mass is 9.91. The van der Waals surface area contributed by atoms with Crippen molar-refractivity contribution in [1.29, 1.82) is 0 Å². The molecule has 212 valence electrons. The third-order valence-corrected chi connectivity index (χ3v) is 7.33. The van der Waals surface area contributed by atoms with E-state index >= 15 is 0 Å². The van der Waals surface area contributed by atoms with Crippen LogP contribution in [0.1, 0.15) is 57.7 Å². The highest BCUT2D eigenvalue weighted by molar-refractivity contribution is 6.24. The molecule has 4 N–H and O–H groups in total. The van der Waals surface area contributed by atoms with Gasteiger partial charge in [-0.3, -0.25) is 14.3 Å². The van der Waals surface area contributed by atoms with Crippen molar-refractivity contribution in [1.82, 2.24) is 9.55 Å². The number of aromatic hydroxyl groups is 1. The van der Waals surface area contributed by atoms with Crippen LogP contribution in [0.4, 0.5) is 0 Å². The highest BCUT2D eigenvalue weighted by Gasteiger charge is 2.34. The number of H-pyrrole nitrogens is 1. The zero-order chi connectivity index (χ0) is 28.8. The normalized spacial score (nSPS) is 18.5. The van der Waals surface area contributed by atoms with Crippen molar-refractivity contribution < 1.29 is 20.1 Å². The monoisotopic (exact) mass is 546 g/mol. The summed E-state index contributed by atoms with van der Waals surface area (Å²) in [5, 5.41) is 35.5. The van der Waals surface area contributed by atoms with Gasteiger partial charge in [0.25, 0.3) is 5.56 Å². The van der Waals surface area contributed by atoms with Gasteiger partial charge >= 0.3 is 5.69 Å². The largest absolute Gasteiger partial charge is 0.507 e. The highest BCUT2D eigenvalue weighted by Crippen LogP contribution is 2.39. The first-order chi connectivity index (χ1) is 19.3. The first-order valence-electron chi connectivity index (χ1n) is 13.9. The summed E-state index contributed by atoms with van der Waals surface area (Å²) in [6, 6.07) is 17.6. The molecule has 6 rings (SSSR count). The van der Waals surface area contributed by atoms with Crippen LogP contribution in [0.2, 0.25) is 0 Å². The Kier molecular flexibility index (Phi) is 9.58. The fraction of sp³-hybridized carbons (Fsp3) is 0.375. The fourth-order valence-corrected chi connectivity index (χ4v) is 5.20. The predicted molar refractivity (Wildman–Crippen MR) is 159 cm³/mol. The minimum absolute atomic E-state index is 0.206. The Bertz CT molecular complexity index is 1660. The molecule has 1 saturated heterocycles. The van der Waals surface area contributed by atoms with Crippen LogP contribution in [-0.4, -0.2) is 43.7 Å². The van der Waals surface area contributed by atoms with Crippen molar-refractivity contribution in [3.05, 3.63) is 87.2 Å². The second-order valence-electron chi connectivity index (χ2n) is 10.2. The molecule has 2 heterocycles. The van der Waals surface area contributed by atoms with E-state index in [2.05, 4.69) is 56.1 Å². The smallest absolute Gasteiger partial charge is 0.330 e. The number of benzene rings is 4. The molecule has 0 saturated carbocycles. The summed E-state index contributed by atoms with van der Waals surface area (Å²) in [6.45, 7) is 6.30. The third kappa shape index (κ3) is 6.20. The fourth-order valence-electron chi connectivity index (χ4n) is 5.20. The Morgan fingerprint density at radius 2 is 1.65 bits per heavy atom. The van der Waals surface area contributed by atoms with Crippen LogP contribution in [0.5, 0.6) is 5.75 Å². The summed E-state index contributed by atoms with van der Waals surface area (Å²) in [4.78, 5) is 24.3. The number of nitrogens with one attached hydrogen (secondary N) is 1. The number of phenolic OH excluding ortho intramolecular Hbond substituents is 1. The zero-order valence-corrected chi connectivity index (χ0v) is 23.3. The van der Waals surface area contributed by atoms with E-state index in [1.54, 1.807) is 6.07 Å². The van der Waals surface area contributed by atoms with Crippen molar-refractivity contribution in [3.63, 3.8) is 0 Å². The average Bonchev–Trinajstić information content (AvgIpc) is 3.33. The molecule has 0 unspecified atom stereocenters. The molecule has 8 heteroatoms. The maximum Gasteiger partial charge on any atom is 0.330 e. The Labute approximate surface area is 232 Å². The van der Waals surface area contributed by atoms with Gasteiger partial charge in [0.2, 0.25) is 0 Å². The second kappa shape index (κ2) is 13.1. The molecule has 0 radical (unpaired) electrons. The van der Waals surface area contributed by atoms with Gasteiger partial charge < -0.3 is 20.1 Å². The lowest BCUT2D eigenvalue weighted by Gasteiger charge is -2.13. The maximum absolute atomic E-state index is 11.4. The maximum atomic E-state index is 11.4. The summed E-state index contributed by atoms with van der Waals surface area (Å²) < 4.78 is 6.45. The molecule has 0 amide bonds. The van der Waals surface area contributed by atoms with Gasteiger partial charge in [-0.25, -0.2) is 4.79 Å². The van der Waals surface area contributed by atoms with E-state index in [1.807, 2.05) is 12.1 Å². The molecule has 5 aromatic rings. The van der Waals surface area contributed by atoms with E-state index in [1.165, 1.54) is 75.0 Å². The number of rotatable bonds is 5. The van der Waals surface area contributed by atoms with Crippen LogP contribution in [0.3, 0.4) is 0 Å². The van der Waals surface area contributed by atoms with Crippen LogP contribution < -0.4 is 11.2 Å². The van der Waals surface area contributed by atoms with E-state index in [9.17, 15) is 19.8 Å². The molecule has 1 aromatic heterocycles. The van der Waals surface area contributed by atoms with Crippen LogP contribution >= 0.6 is 0 Å². The lowest BCUT2D eigenvalue weighted by molar-refractivity contribution is -0.0459. The van der Waals surface area contributed by atoms with Crippen molar-refractivity contribution in [2.75, 3.05) is 6.61 Å². The van der Waals surface area contributed by atoms with Crippen molar-refractivity contribution >= 4 is 32.3 Å². The molecule has 0 spiro atoms. The minimum atomic E-state index is -0.811. The molecule has 1 aliphatic rings. The lowest BCUT2D eigenvalue weighted by Crippen LogP contribution is -2.31. The first-order valence-corrected chi connectivity index (χ1v) is 13.9. The number of nitrogens with zero attached hydrogens (tertiary/aromatic N) is 1. The average molecular weight is 547 g/mol. The van der Waals surface area contributed by atoms with Gasteiger partial charge in [0, 0.05) is 29.5 Å². The molecule has 4 aromatic carbocycles. The summed E-state index contributed by atoms with van der Waals surface area (Å²) in [5.74, 6) is 0.360. The van der Waals surface area contributed by atoms with Gasteiger partial charge in [0.1, 0.15) is 18.1 Å². The molecule has 0 bridgehead atoms. The van der Waals surface area contributed by atoms with Gasteiger partial charge in [-0.2, -0.15) is 0 Å². The van der Waals surface area contributed by atoms with Crippen LogP contribution in [-0.2, 0) is 4.74 Å². The van der Waals surface area contributed by atoms with Crippen LogP contribution in [0.25, 0.3) is 32.3 Å². The van der Waals surface area contributed by atoms with Gasteiger partial charge in [-0.1, -0.05) is 82.0 Å². The molecule has 3 atom stereocenters. The number of phenols is 1. The van der Waals surface area contributed by atoms with E-state index in [0.29, 0.717) is 5.75 Å². The van der Waals surface area contributed by atoms with E-state index in [0.717, 1.165) is 5.39 Å². The Morgan fingerprint density at radius 3 is 2.30 bits per heavy atom. The SMILES string of the molecule is CCCCCC.Cc1cc2ccc(O)c3ccc4cccc1c4c23.O=c1ccn([C@H]2C[C@H](O)[C@@H](CO)O2)c(=O)[nH]1. The first kappa shape index (κ1) is 29.3. The van der Waals surface area contributed by atoms with Crippen LogP contribution in [0.15, 0.2) is 70.4 Å². The summed E-state index contributed by atoms with van der Waals surface area (Å²) >= 11 is 0. The molecule has 1 fully saturated rings. The predicted octanol–water partition coefficient (Wildman–Crippen LogP) is 5.36. The molecule has 8 nitrogen and oxygen atoms in total. The third-order valence-electron chi connectivity index (χ3n) is 7.33. The number of hydrogen-bond acceptors (Lipinski definition) is 6. The minimum Gasteiger partial charge on any atom is -0.507 e. The van der Waals surface area contributed by atoms with Gasteiger partial charge in [0.15, 0.2) is 0 Å². The van der Waals surface area contributed by atoms with Crippen molar-refractivity contribution in [3.8, 4) is 5.75 Å². The van der Waals surface area contributed by atoms with Crippen molar-refractivity contribution in [2.45, 2.75) is 71.3 Å². The number of aliphatic hydroxyl groups excluding tert-OH is 2. The number of aryl methyl sites for hydroxylation is 1. The number of hydrogen-bond donors (Lipinski definition) is 4. The number of ether oxygens (including phenoxy) is 1.